The van der Waals surface area contributed by atoms with Crippen LogP contribution < -0.4 is 0 Å². The lowest BCUT2D eigenvalue weighted by Gasteiger charge is -2.04. The fourth-order valence-electron chi connectivity index (χ4n) is 2.32. The Morgan fingerprint density at radius 3 is 3.00 bits per heavy atom. The van der Waals surface area contributed by atoms with Crippen molar-refractivity contribution >= 4 is 39.9 Å². The van der Waals surface area contributed by atoms with Crippen LogP contribution in [0.15, 0.2) is 40.7 Å². The van der Waals surface area contributed by atoms with Crippen molar-refractivity contribution in [2.45, 2.75) is 19.8 Å². The molecular weight excluding hydrogens is 302 g/mol. The van der Waals surface area contributed by atoms with Crippen molar-refractivity contribution in [3.63, 3.8) is 0 Å². The van der Waals surface area contributed by atoms with Crippen molar-refractivity contribution in [3.8, 4) is 0 Å². The van der Waals surface area contributed by atoms with Gasteiger partial charge in [-0.2, -0.15) is 5.10 Å². The zero-order chi connectivity index (χ0) is 15.5. The number of carbonyl (C=O) groups is 1. The first-order chi connectivity index (χ1) is 10.7. The Kier molecular flexibility index (Phi) is 4.15. The molecule has 0 amide bonds. The Balaban J connectivity index is 1.71. The molecule has 0 radical (unpaired) electrons. The van der Waals surface area contributed by atoms with Gasteiger partial charge in [-0.05, 0) is 30.7 Å². The van der Waals surface area contributed by atoms with E-state index in [0.29, 0.717) is 30.2 Å². The highest BCUT2D eigenvalue weighted by atomic mass is 35.5. The molecular formula is C16H14ClN3O2. The van der Waals surface area contributed by atoms with E-state index in [1.807, 2.05) is 24.3 Å². The maximum absolute atomic E-state index is 11.6. The summed E-state index contributed by atoms with van der Waals surface area (Å²) in [6.07, 6.45) is 2.70. The van der Waals surface area contributed by atoms with Gasteiger partial charge in [-0.25, -0.2) is 4.79 Å². The van der Waals surface area contributed by atoms with Crippen molar-refractivity contribution in [1.82, 2.24) is 4.98 Å². The van der Waals surface area contributed by atoms with Gasteiger partial charge in [-0.1, -0.05) is 17.7 Å². The molecule has 2 aromatic rings. The van der Waals surface area contributed by atoms with Crippen LogP contribution in [0.1, 0.15) is 18.9 Å². The van der Waals surface area contributed by atoms with Crippen LogP contribution in [0, 0.1) is 0 Å². The molecule has 0 atom stereocenters. The van der Waals surface area contributed by atoms with E-state index in [2.05, 4.69) is 15.2 Å². The van der Waals surface area contributed by atoms with Crippen LogP contribution in [0.3, 0.4) is 0 Å². The summed E-state index contributed by atoms with van der Waals surface area (Å²) < 4.78 is 4.93. The third kappa shape index (κ3) is 3.14. The summed E-state index contributed by atoms with van der Waals surface area (Å²) in [7, 11) is 0. The molecule has 0 saturated heterocycles. The number of esters is 1. The second kappa shape index (κ2) is 6.23. The fourth-order valence-corrected chi connectivity index (χ4v) is 2.49. The fraction of sp³-hybridized carbons (Fsp3) is 0.250. The molecule has 22 heavy (non-hydrogen) atoms. The summed E-state index contributed by atoms with van der Waals surface area (Å²) in [6.45, 7) is 2.11. The topological polar surface area (TPSA) is 63.9 Å². The van der Waals surface area contributed by atoms with Gasteiger partial charge < -0.3 is 4.74 Å². The molecule has 1 aromatic heterocycles. The Labute approximate surface area is 132 Å². The average Bonchev–Trinajstić information content (AvgIpc) is 2.96. The Morgan fingerprint density at radius 2 is 2.18 bits per heavy atom. The molecule has 0 fully saturated rings. The number of hydrogen-bond acceptors (Lipinski definition) is 5. The summed E-state index contributed by atoms with van der Waals surface area (Å²) in [4.78, 5) is 15.9. The van der Waals surface area contributed by atoms with Gasteiger partial charge in [0.2, 0.25) is 0 Å². The van der Waals surface area contributed by atoms with Gasteiger partial charge in [0, 0.05) is 24.4 Å². The van der Waals surface area contributed by atoms with Gasteiger partial charge >= 0.3 is 5.97 Å². The van der Waals surface area contributed by atoms with Crippen molar-refractivity contribution in [2.24, 2.45) is 10.2 Å². The summed E-state index contributed by atoms with van der Waals surface area (Å²) in [5.41, 5.74) is 3.18. The molecule has 1 aliphatic heterocycles. The number of ether oxygens (including phenoxy) is 1. The number of halogens is 1. The van der Waals surface area contributed by atoms with Crippen LogP contribution in [0.5, 0.6) is 0 Å². The normalized spacial score (nSPS) is 13.9. The smallest absolute Gasteiger partial charge is 0.354 e. The first-order valence-corrected chi connectivity index (χ1v) is 7.37. The van der Waals surface area contributed by atoms with Crippen molar-refractivity contribution < 1.29 is 9.53 Å². The van der Waals surface area contributed by atoms with Gasteiger partial charge in [0.05, 0.1) is 22.9 Å². The largest absolute Gasteiger partial charge is 0.461 e. The minimum Gasteiger partial charge on any atom is -0.461 e. The number of aromatic nitrogens is 1. The molecule has 0 aliphatic carbocycles. The summed E-state index contributed by atoms with van der Waals surface area (Å²) in [5, 5.41) is 9.57. The maximum Gasteiger partial charge on any atom is 0.354 e. The molecule has 5 nitrogen and oxygen atoms in total. The lowest BCUT2D eigenvalue weighted by atomic mass is 10.0. The summed E-state index contributed by atoms with van der Waals surface area (Å²) in [6, 6.07) is 7.85. The molecule has 2 heterocycles. The first kappa shape index (κ1) is 14.7. The molecule has 1 aliphatic rings. The molecule has 0 saturated carbocycles. The van der Waals surface area contributed by atoms with E-state index >= 15 is 0 Å². The zero-order valence-electron chi connectivity index (χ0n) is 12.0. The van der Waals surface area contributed by atoms with Gasteiger partial charge in [-0.15, -0.1) is 5.10 Å². The van der Waals surface area contributed by atoms with E-state index in [1.165, 1.54) is 0 Å². The SMILES string of the molecule is CCOC(=O)C1=NN=C(Cc2ccc3ncc(Cl)cc3c2)C1. The molecule has 0 unspecified atom stereocenters. The Morgan fingerprint density at radius 1 is 1.32 bits per heavy atom. The number of carbonyl (C=O) groups excluding carboxylic acids is 1. The van der Waals surface area contributed by atoms with Gasteiger partial charge in [0.15, 0.2) is 5.71 Å². The molecule has 6 heteroatoms. The third-order valence-corrected chi connectivity index (χ3v) is 3.52. The maximum atomic E-state index is 11.6. The van der Waals surface area contributed by atoms with E-state index in [9.17, 15) is 4.79 Å². The molecule has 1 aromatic carbocycles. The van der Waals surface area contributed by atoms with Crippen LogP contribution in [0.25, 0.3) is 10.9 Å². The van der Waals surface area contributed by atoms with Crippen LogP contribution in [0.4, 0.5) is 0 Å². The van der Waals surface area contributed by atoms with Gasteiger partial charge in [-0.3, -0.25) is 4.98 Å². The standard InChI is InChI=1S/C16H14ClN3O2/c1-2-22-16(21)15-8-13(19-20-15)6-10-3-4-14-11(5-10)7-12(17)9-18-14/h3-5,7,9H,2,6,8H2,1H3. The average molecular weight is 316 g/mol. The van der Waals surface area contributed by atoms with E-state index in [4.69, 9.17) is 16.3 Å². The second-order valence-electron chi connectivity index (χ2n) is 4.97. The summed E-state index contributed by atoms with van der Waals surface area (Å²) >= 11 is 5.97. The molecule has 3 rings (SSSR count). The predicted octanol–water partition coefficient (Wildman–Crippen LogP) is 3.19. The van der Waals surface area contributed by atoms with Crippen molar-refractivity contribution in [3.05, 3.63) is 41.0 Å². The Bertz CT molecular complexity index is 799. The highest BCUT2D eigenvalue weighted by Crippen LogP contribution is 2.19. The van der Waals surface area contributed by atoms with Gasteiger partial charge in [0.25, 0.3) is 0 Å². The Hall–Kier alpha value is -2.27. The van der Waals surface area contributed by atoms with E-state index < -0.39 is 5.97 Å². The highest BCUT2D eigenvalue weighted by molar-refractivity contribution is 6.41. The lowest BCUT2D eigenvalue weighted by Crippen LogP contribution is -2.18. The molecule has 0 spiro atoms. The monoisotopic (exact) mass is 315 g/mol. The first-order valence-electron chi connectivity index (χ1n) is 6.99. The number of pyridine rings is 1. The summed E-state index contributed by atoms with van der Waals surface area (Å²) in [5.74, 6) is -0.393. The number of benzene rings is 1. The van der Waals surface area contributed by atoms with E-state index in [0.717, 1.165) is 22.2 Å². The quantitative estimate of drug-likeness (QED) is 0.814. The van der Waals surface area contributed by atoms with Gasteiger partial charge in [0.1, 0.15) is 0 Å². The van der Waals surface area contributed by atoms with Crippen LogP contribution >= 0.6 is 11.6 Å². The number of rotatable bonds is 4. The number of hydrogen-bond donors (Lipinski definition) is 0. The molecule has 0 N–H and O–H groups in total. The third-order valence-electron chi connectivity index (χ3n) is 3.32. The lowest BCUT2D eigenvalue weighted by molar-refractivity contribution is -0.135. The molecule has 112 valence electrons. The minimum absolute atomic E-state index is 0.339. The minimum atomic E-state index is -0.393. The van der Waals surface area contributed by atoms with Crippen LogP contribution in [0.2, 0.25) is 5.02 Å². The van der Waals surface area contributed by atoms with Crippen LogP contribution in [-0.2, 0) is 16.0 Å². The second-order valence-corrected chi connectivity index (χ2v) is 5.40. The molecule has 0 bridgehead atoms. The van der Waals surface area contributed by atoms with Crippen molar-refractivity contribution in [2.75, 3.05) is 6.61 Å². The van der Waals surface area contributed by atoms with E-state index in [-0.39, 0.29) is 0 Å². The van der Waals surface area contributed by atoms with Crippen molar-refractivity contribution in [1.29, 1.82) is 0 Å². The number of fused-ring (bicyclic) bond motifs is 1. The number of nitrogens with zero attached hydrogens (tertiary/aromatic N) is 3. The highest BCUT2D eigenvalue weighted by Gasteiger charge is 2.20. The van der Waals surface area contributed by atoms with Crippen LogP contribution in [-0.4, -0.2) is 29.0 Å². The predicted molar refractivity (Wildman–Crippen MR) is 86.6 cm³/mol. The zero-order valence-corrected chi connectivity index (χ0v) is 12.8. The van der Waals surface area contributed by atoms with E-state index in [1.54, 1.807) is 13.1 Å².